The van der Waals surface area contributed by atoms with Crippen molar-refractivity contribution in [1.29, 1.82) is 0 Å². The van der Waals surface area contributed by atoms with Gasteiger partial charge in [-0.1, -0.05) is 29.4 Å². The summed E-state index contributed by atoms with van der Waals surface area (Å²) < 4.78 is 26.0. The Bertz CT molecular complexity index is 827. The fourth-order valence-corrected chi connectivity index (χ4v) is 2.89. The third-order valence-corrected chi connectivity index (χ3v) is 4.14. The van der Waals surface area contributed by atoms with E-state index in [1.165, 1.54) is 24.0 Å². The first-order chi connectivity index (χ1) is 10.5. The van der Waals surface area contributed by atoms with Gasteiger partial charge in [-0.15, -0.1) is 0 Å². The second-order valence-corrected chi connectivity index (χ2v) is 6.01. The molecular weight excluding hydrogens is 332 g/mol. The van der Waals surface area contributed by atoms with Crippen LogP contribution in [0.25, 0.3) is 11.2 Å². The van der Waals surface area contributed by atoms with Gasteiger partial charge in [0.1, 0.15) is 0 Å². The van der Waals surface area contributed by atoms with Crippen LogP contribution in [0.4, 0.5) is 8.78 Å². The van der Waals surface area contributed by atoms with E-state index in [4.69, 9.17) is 11.6 Å². The van der Waals surface area contributed by atoms with Crippen molar-refractivity contribution in [2.24, 2.45) is 0 Å². The van der Waals surface area contributed by atoms with Crippen LogP contribution in [0.2, 0.25) is 5.02 Å². The Morgan fingerprint density at radius 1 is 1.27 bits per heavy atom. The van der Waals surface area contributed by atoms with Crippen molar-refractivity contribution in [3.8, 4) is 0 Å². The molecule has 0 aliphatic carbocycles. The molecule has 0 spiro atoms. The summed E-state index contributed by atoms with van der Waals surface area (Å²) in [7, 11) is 0. The maximum absolute atomic E-state index is 13.1. The monoisotopic (exact) mass is 341 g/mol. The zero-order valence-electron chi connectivity index (χ0n) is 11.1. The van der Waals surface area contributed by atoms with Crippen molar-refractivity contribution in [3.05, 3.63) is 52.7 Å². The zero-order valence-corrected chi connectivity index (χ0v) is 12.6. The van der Waals surface area contributed by atoms with Crippen LogP contribution in [0.15, 0.2) is 35.6 Å². The Balaban J connectivity index is 1.71. The van der Waals surface area contributed by atoms with Gasteiger partial charge in [0.25, 0.3) is 0 Å². The molecule has 1 atom stereocenters. The predicted molar refractivity (Wildman–Crippen MR) is 80.9 cm³/mol. The molecule has 1 unspecified atom stereocenters. The second kappa shape index (κ2) is 6.20. The van der Waals surface area contributed by atoms with Crippen molar-refractivity contribution in [3.63, 3.8) is 0 Å². The first-order valence-corrected chi connectivity index (χ1v) is 7.66. The highest BCUT2D eigenvalue weighted by Crippen LogP contribution is 2.25. The zero-order chi connectivity index (χ0) is 15.7. The molecule has 8 heteroatoms. The molecule has 0 radical (unpaired) electrons. The maximum atomic E-state index is 13.1. The minimum absolute atomic E-state index is 0.235. The first-order valence-electron chi connectivity index (χ1n) is 6.30. The second-order valence-electron chi connectivity index (χ2n) is 4.57. The molecule has 3 rings (SSSR count). The third-order valence-electron chi connectivity index (χ3n) is 2.99. The molecule has 2 heterocycles. The molecule has 1 aromatic carbocycles. The van der Waals surface area contributed by atoms with Crippen molar-refractivity contribution >= 4 is 34.5 Å². The number of nitrogens with one attached hydrogen (secondary N) is 1. The van der Waals surface area contributed by atoms with Crippen molar-refractivity contribution < 1.29 is 13.9 Å². The number of benzene rings is 1. The largest absolute Gasteiger partial charge is 0.388 e. The number of aromatic amines is 1. The quantitative estimate of drug-likeness (QED) is 0.710. The van der Waals surface area contributed by atoms with Gasteiger partial charge in [0.15, 0.2) is 22.4 Å². The van der Waals surface area contributed by atoms with E-state index < -0.39 is 17.7 Å². The number of aliphatic hydroxyl groups excluding tert-OH is 1. The van der Waals surface area contributed by atoms with Crippen LogP contribution < -0.4 is 0 Å². The first kappa shape index (κ1) is 15.2. The number of imidazole rings is 1. The van der Waals surface area contributed by atoms with Crippen molar-refractivity contribution in [2.45, 2.75) is 11.3 Å². The SMILES string of the molecule is OC(CSc1nc2ncc(Cl)cc2[nH]1)c1ccc(F)c(F)c1. The van der Waals surface area contributed by atoms with Gasteiger partial charge >= 0.3 is 0 Å². The summed E-state index contributed by atoms with van der Waals surface area (Å²) in [6, 6.07) is 5.03. The van der Waals surface area contributed by atoms with Crippen LogP contribution in [0, 0.1) is 11.6 Å². The van der Waals surface area contributed by atoms with Gasteiger partial charge in [-0.05, 0) is 23.8 Å². The third kappa shape index (κ3) is 3.21. The number of aromatic nitrogens is 3. The summed E-state index contributed by atoms with van der Waals surface area (Å²) in [6.07, 6.45) is 0.555. The lowest BCUT2D eigenvalue weighted by molar-refractivity contribution is 0.203. The van der Waals surface area contributed by atoms with Crippen molar-refractivity contribution in [2.75, 3.05) is 5.75 Å². The molecule has 2 N–H and O–H groups in total. The van der Waals surface area contributed by atoms with E-state index in [2.05, 4.69) is 15.0 Å². The molecule has 4 nitrogen and oxygen atoms in total. The highest BCUT2D eigenvalue weighted by molar-refractivity contribution is 7.99. The summed E-state index contributed by atoms with van der Waals surface area (Å²) in [6.45, 7) is 0. The van der Waals surface area contributed by atoms with E-state index >= 15 is 0 Å². The molecular formula is C14H10ClF2N3OS. The molecule has 0 amide bonds. The summed E-state index contributed by atoms with van der Waals surface area (Å²) in [4.78, 5) is 11.3. The minimum Gasteiger partial charge on any atom is -0.388 e. The van der Waals surface area contributed by atoms with E-state index in [0.717, 1.165) is 12.1 Å². The van der Waals surface area contributed by atoms with E-state index in [0.29, 0.717) is 26.9 Å². The van der Waals surface area contributed by atoms with E-state index in [9.17, 15) is 13.9 Å². The molecule has 114 valence electrons. The normalized spacial score (nSPS) is 12.7. The maximum Gasteiger partial charge on any atom is 0.178 e. The molecule has 0 saturated carbocycles. The van der Waals surface area contributed by atoms with Crippen molar-refractivity contribution in [1.82, 2.24) is 15.0 Å². The topological polar surface area (TPSA) is 61.8 Å². The fourth-order valence-electron chi connectivity index (χ4n) is 1.89. The van der Waals surface area contributed by atoms with Crippen LogP contribution in [0.3, 0.4) is 0 Å². The molecule has 0 aliphatic heterocycles. The lowest BCUT2D eigenvalue weighted by Crippen LogP contribution is -2.02. The number of thioether (sulfide) groups is 1. The molecule has 0 saturated heterocycles. The summed E-state index contributed by atoms with van der Waals surface area (Å²) in [5.41, 5.74) is 1.52. The smallest absolute Gasteiger partial charge is 0.178 e. The summed E-state index contributed by atoms with van der Waals surface area (Å²) in [5, 5.41) is 11.1. The van der Waals surface area contributed by atoms with E-state index in [-0.39, 0.29) is 5.75 Å². The highest BCUT2D eigenvalue weighted by Gasteiger charge is 2.13. The number of fused-ring (bicyclic) bond motifs is 1. The number of halogens is 3. The number of hydrogen-bond acceptors (Lipinski definition) is 4. The Hall–Kier alpha value is -1.70. The van der Waals surface area contributed by atoms with Gasteiger partial charge in [-0.3, -0.25) is 0 Å². The van der Waals surface area contributed by atoms with Gasteiger partial charge in [-0.25, -0.2) is 18.7 Å². The van der Waals surface area contributed by atoms with Crippen LogP contribution >= 0.6 is 23.4 Å². The lowest BCUT2D eigenvalue weighted by Gasteiger charge is -2.09. The molecule has 0 bridgehead atoms. The van der Waals surface area contributed by atoms with Gasteiger partial charge in [-0.2, -0.15) is 0 Å². The van der Waals surface area contributed by atoms with Crippen LogP contribution in [0.5, 0.6) is 0 Å². The number of hydrogen-bond donors (Lipinski definition) is 2. The predicted octanol–water partition coefficient (Wildman–Crippen LogP) is 3.72. The number of aliphatic hydroxyl groups is 1. The lowest BCUT2D eigenvalue weighted by atomic mass is 10.1. The standard InChI is InChI=1S/C14H10ClF2N3OS/c15-8-4-11-13(18-5-8)20-14(19-11)22-6-12(21)7-1-2-9(16)10(17)3-7/h1-5,12,21H,6H2,(H,18,19,20). The Kier molecular flexibility index (Phi) is 4.28. The average Bonchev–Trinajstić information content (AvgIpc) is 2.89. The van der Waals surface area contributed by atoms with Gasteiger partial charge in [0.05, 0.1) is 16.6 Å². The average molecular weight is 342 g/mol. The molecule has 22 heavy (non-hydrogen) atoms. The van der Waals surface area contributed by atoms with Gasteiger partial charge < -0.3 is 10.1 Å². The number of pyridine rings is 1. The summed E-state index contributed by atoms with van der Waals surface area (Å²) in [5.74, 6) is -1.69. The molecule has 0 aliphatic rings. The molecule has 0 fully saturated rings. The summed E-state index contributed by atoms with van der Waals surface area (Å²) >= 11 is 7.09. The highest BCUT2D eigenvalue weighted by atomic mass is 35.5. The van der Waals surface area contributed by atoms with Crippen LogP contribution in [-0.2, 0) is 0 Å². The molecule has 2 aromatic heterocycles. The fraction of sp³-hybridized carbons (Fsp3) is 0.143. The number of rotatable bonds is 4. The van der Waals surface area contributed by atoms with E-state index in [1.54, 1.807) is 6.07 Å². The Labute approximate surface area is 133 Å². The van der Waals surface area contributed by atoms with Gasteiger partial charge in [0.2, 0.25) is 0 Å². The number of H-pyrrole nitrogens is 1. The van der Waals surface area contributed by atoms with E-state index in [1.807, 2.05) is 0 Å². The Morgan fingerprint density at radius 3 is 2.86 bits per heavy atom. The van der Waals surface area contributed by atoms with Crippen LogP contribution in [0.1, 0.15) is 11.7 Å². The molecule has 3 aromatic rings. The van der Waals surface area contributed by atoms with Gasteiger partial charge in [0, 0.05) is 11.9 Å². The van der Waals surface area contributed by atoms with Crippen LogP contribution in [-0.4, -0.2) is 25.8 Å². The number of nitrogens with zero attached hydrogens (tertiary/aromatic N) is 2. The Morgan fingerprint density at radius 2 is 2.09 bits per heavy atom. The minimum atomic E-state index is -0.982.